The van der Waals surface area contributed by atoms with Gasteiger partial charge >= 0.3 is 0 Å². The van der Waals surface area contributed by atoms with E-state index in [1.165, 1.54) is 23.3 Å². The van der Waals surface area contributed by atoms with Gasteiger partial charge in [-0.15, -0.1) is 11.3 Å². The summed E-state index contributed by atoms with van der Waals surface area (Å²) < 4.78 is 5.76. The Balaban J connectivity index is 1.26. The number of thiophene rings is 1. The number of carbonyl (C=O) groups is 2. The molecule has 130 valence electrons. The van der Waals surface area contributed by atoms with E-state index >= 15 is 0 Å². The van der Waals surface area contributed by atoms with Crippen molar-refractivity contribution in [2.75, 3.05) is 19.6 Å². The van der Waals surface area contributed by atoms with Crippen LogP contribution in [0.15, 0.2) is 6.07 Å². The minimum absolute atomic E-state index is 0.175. The molecule has 1 aromatic heterocycles. The van der Waals surface area contributed by atoms with Gasteiger partial charge in [0.15, 0.2) is 0 Å². The van der Waals surface area contributed by atoms with Gasteiger partial charge in [-0.05, 0) is 50.2 Å². The molecule has 4 rings (SSSR count). The monoisotopic (exact) mass is 349 g/mol. The molecule has 2 N–H and O–H groups in total. The van der Waals surface area contributed by atoms with Crippen molar-refractivity contribution in [2.24, 2.45) is 0 Å². The molecule has 2 atom stereocenters. The lowest BCUT2D eigenvalue weighted by molar-refractivity contribution is -0.125. The summed E-state index contributed by atoms with van der Waals surface area (Å²) in [5, 5.41) is 0. The van der Waals surface area contributed by atoms with Crippen molar-refractivity contribution in [3.05, 3.63) is 21.4 Å². The van der Waals surface area contributed by atoms with E-state index in [2.05, 4.69) is 15.8 Å². The first-order chi connectivity index (χ1) is 11.7. The molecule has 2 aliphatic heterocycles. The van der Waals surface area contributed by atoms with E-state index in [1.54, 1.807) is 11.3 Å². The maximum atomic E-state index is 12.2. The van der Waals surface area contributed by atoms with Crippen LogP contribution in [0.1, 0.15) is 45.8 Å². The van der Waals surface area contributed by atoms with E-state index in [-0.39, 0.29) is 24.0 Å². The van der Waals surface area contributed by atoms with Crippen LogP contribution in [-0.4, -0.2) is 48.6 Å². The fourth-order valence-electron chi connectivity index (χ4n) is 3.86. The molecule has 6 nitrogen and oxygen atoms in total. The average Bonchev–Trinajstić information content (AvgIpc) is 3.15. The summed E-state index contributed by atoms with van der Waals surface area (Å²) in [6.45, 7) is 1.91. The van der Waals surface area contributed by atoms with Crippen LogP contribution >= 0.6 is 11.3 Å². The van der Waals surface area contributed by atoms with Crippen LogP contribution < -0.4 is 10.9 Å². The summed E-state index contributed by atoms with van der Waals surface area (Å²) in [6, 6.07) is 1.97. The summed E-state index contributed by atoms with van der Waals surface area (Å²) >= 11 is 1.55. The SMILES string of the molecule is O=C(CN1CC2CCC(C1)O2)NNC(=O)c1cc2c(s1)CCCC2. The highest BCUT2D eigenvalue weighted by molar-refractivity contribution is 7.14. The number of ether oxygens (including phenoxy) is 1. The van der Waals surface area contributed by atoms with Gasteiger partial charge in [0.1, 0.15) is 0 Å². The van der Waals surface area contributed by atoms with E-state index in [4.69, 9.17) is 4.74 Å². The highest BCUT2D eigenvalue weighted by atomic mass is 32.1. The smallest absolute Gasteiger partial charge is 0.279 e. The molecule has 0 spiro atoms. The van der Waals surface area contributed by atoms with Crippen LogP contribution in [0.25, 0.3) is 0 Å². The van der Waals surface area contributed by atoms with Gasteiger partial charge in [-0.1, -0.05) is 0 Å². The third kappa shape index (κ3) is 3.48. The Bertz CT molecular complexity index is 610. The Kier molecular flexibility index (Phi) is 4.56. The number of aryl methyl sites for hydroxylation is 2. The lowest BCUT2D eigenvalue weighted by Crippen LogP contribution is -2.50. The molecule has 3 aliphatic rings. The number of fused-ring (bicyclic) bond motifs is 3. The Labute approximate surface area is 145 Å². The van der Waals surface area contributed by atoms with Gasteiger partial charge in [0.25, 0.3) is 11.8 Å². The Morgan fingerprint density at radius 1 is 1.17 bits per heavy atom. The molecule has 7 heteroatoms. The average molecular weight is 349 g/mol. The number of hydrogen-bond donors (Lipinski definition) is 2. The topological polar surface area (TPSA) is 70.7 Å². The number of hydrogen-bond acceptors (Lipinski definition) is 5. The fourth-order valence-corrected chi connectivity index (χ4v) is 5.01. The Morgan fingerprint density at radius 3 is 2.67 bits per heavy atom. The minimum Gasteiger partial charge on any atom is -0.372 e. The van der Waals surface area contributed by atoms with Gasteiger partial charge in [0.05, 0.1) is 23.6 Å². The van der Waals surface area contributed by atoms with Crippen molar-refractivity contribution in [1.29, 1.82) is 0 Å². The van der Waals surface area contributed by atoms with Crippen molar-refractivity contribution in [3.63, 3.8) is 0 Å². The first kappa shape index (κ1) is 16.1. The highest BCUT2D eigenvalue weighted by Crippen LogP contribution is 2.29. The van der Waals surface area contributed by atoms with E-state index in [9.17, 15) is 9.59 Å². The third-order valence-electron chi connectivity index (χ3n) is 5.02. The standard InChI is InChI=1S/C17H23N3O3S/c21-16(10-20-8-12-5-6-13(9-20)23-12)18-19-17(22)15-7-11-3-1-2-4-14(11)24-15/h7,12-13H,1-6,8-10H2,(H,18,21)(H,19,22). The first-order valence-corrected chi connectivity index (χ1v) is 9.57. The summed E-state index contributed by atoms with van der Waals surface area (Å²) in [7, 11) is 0. The zero-order valence-corrected chi connectivity index (χ0v) is 14.5. The van der Waals surface area contributed by atoms with E-state index in [0.717, 1.165) is 38.8 Å². The van der Waals surface area contributed by atoms with Crippen LogP contribution in [0.4, 0.5) is 0 Å². The zero-order chi connectivity index (χ0) is 16.5. The van der Waals surface area contributed by atoms with Crippen LogP contribution in [0.5, 0.6) is 0 Å². The second-order valence-electron chi connectivity index (χ2n) is 6.92. The predicted octanol–water partition coefficient (Wildman–Crippen LogP) is 1.25. The number of carbonyl (C=O) groups excluding carboxylic acids is 2. The number of amides is 2. The van der Waals surface area contributed by atoms with E-state index in [0.29, 0.717) is 11.4 Å². The van der Waals surface area contributed by atoms with Crippen molar-refractivity contribution >= 4 is 23.2 Å². The molecule has 1 aromatic rings. The molecular formula is C17H23N3O3S. The lowest BCUT2D eigenvalue weighted by Gasteiger charge is -2.31. The molecular weight excluding hydrogens is 326 g/mol. The van der Waals surface area contributed by atoms with E-state index in [1.807, 2.05) is 6.07 Å². The second kappa shape index (κ2) is 6.82. The number of morpholine rings is 1. The van der Waals surface area contributed by atoms with Gasteiger partial charge in [0.2, 0.25) is 0 Å². The van der Waals surface area contributed by atoms with Gasteiger partial charge < -0.3 is 4.74 Å². The van der Waals surface area contributed by atoms with Gasteiger partial charge in [-0.25, -0.2) is 0 Å². The Hall–Kier alpha value is -1.44. The maximum Gasteiger partial charge on any atom is 0.279 e. The zero-order valence-electron chi connectivity index (χ0n) is 13.7. The Morgan fingerprint density at radius 2 is 1.92 bits per heavy atom. The normalized spacial score (nSPS) is 26.0. The van der Waals surface area contributed by atoms with Crippen molar-refractivity contribution < 1.29 is 14.3 Å². The van der Waals surface area contributed by atoms with Gasteiger partial charge in [0, 0.05) is 18.0 Å². The molecule has 2 saturated heterocycles. The van der Waals surface area contributed by atoms with Crippen LogP contribution in [-0.2, 0) is 22.4 Å². The van der Waals surface area contributed by atoms with Crippen LogP contribution in [0.3, 0.4) is 0 Å². The van der Waals surface area contributed by atoms with Crippen molar-refractivity contribution in [3.8, 4) is 0 Å². The molecule has 2 bridgehead atoms. The van der Waals surface area contributed by atoms with Crippen LogP contribution in [0.2, 0.25) is 0 Å². The molecule has 2 fully saturated rings. The fraction of sp³-hybridized carbons (Fsp3) is 0.647. The first-order valence-electron chi connectivity index (χ1n) is 8.76. The molecule has 24 heavy (non-hydrogen) atoms. The lowest BCUT2D eigenvalue weighted by atomic mass is 9.99. The molecule has 0 saturated carbocycles. The van der Waals surface area contributed by atoms with E-state index < -0.39 is 0 Å². The molecule has 2 amide bonds. The molecule has 2 unspecified atom stereocenters. The largest absolute Gasteiger partial charge is 0.372 e. The molecule has 1 aliphatic carbocycles. The second-order valence-corrected chi connectivity index (χ2v) is 8.06. The van der Waals surface area contributed by atoms with Gasteiger partial charge in [-0.2, -0.15) is 0 Å². The summed E-state index contributed by atoms with van der Waals surface area (Å²) in [5.74, 6) is -0.393. The summed E-state index contributed by atoms with van der Waals surface area (Å²) in [5.41, 5.74) is 6.39. The number of rotatable bonds is 3. The maximum absolute atomic E-state index is 12.2. The summed E-state index contributed by atoms with van der Waals surface area (Å²) in [4.78, 5) is 28.4. The number of hydrazine groups is 1. The number of nitrogens with one attached hydrogen (secondary N) is 2. The molecule has 0 aromatic carbocycles. The minimum atomic E-state index is -0.218. The van der Waals surface area contributed by atoms with Crippen LogP contribution in [0, 0.1) is 0 Å². The highest BCUT2D eigenvalue weighted by Gasteiger charge is 2.34. The predicted molar refractivity (Wildman–Crippen MR) is 90.9 cm³/mol. The number of nitrogens with zero attached hydrogens (tertiary/aromatic N) is 1. The number of likely N-dealkylation sites (tertiary alicyclic amines) is 1. The van der Waals surface area contributed by atoms with Gasteiger partial charge in [-0.3, -0.25) is 25.3 Å². The molecule has 0 radical (unpaired) electrons. The third-order valence-corrected chi connectivity index (χ3v) is 6.26. The van der Waals surface area contributed by atoms with Crippen molar-refractivity contribution in [1.82, 2.24) is 15.8 Å². The molecule has 3 heterocycles. The van der Waals surface area contributed by atoms with Crippen molar-refractivity contribution in [2.45, 2.75) is 50.7 Å². The summed E-state index contributed by atoms with van der Waals surface area (Å²) in [6.07, 6.45) is 7.23. The quantitative estimate of drug-likeness (QED) is 0.806.